The minimum absolute atomic E-state index is 0.201. The zero-order chi connectivity index (χ0) is 22.8. The van der Waals surface area contributed by atoms with E-state index in [0.29, 0.717) is 29.5 Å². The minimum atomic E-state index is -3.64. The Morgan fingerprint density at radius 3 is 2.32 bits per heavy atom. The number of rotatable bonds is 8. The summed E-state index contributed by atoms with van der Waals surface area (Å²) in [5, 5.41) is 15.9. The van der Waals surface area contributed by atoms with E-state index in [1.165, 1.54) is 0 Å². The summed E-state index contributed by atoms with van der Waals surface area (Å²) >= 11 is 0. The SMILES string of the molecule is COc1cc(C)c(S(=O)(=O)NCCNc2ccc(-n3nc(C)c(C)c3C)nn2)cc1C. The average Bonchev–Trinajstić information content (AvgIpc) is 3.00. The van der Waals surface area contributed by atoms with E-state index in [1.54, 1.807) is 36.9 Å². The molecule has 0 amide bonds. The predicted octanol–water partition coefficient (Wildman–Crippen LogP) is 2.60. The summed E-state index contributed by atoms with van der Waals surface area (Å²) in [4.78, 5) is 0.245. The first-order valence-electron chi connectivity index (χ1n) is 9.89. The number of nitrogens with zero attached hydrogens (tertiary/aromatic N) is 4. The van der Waals surface area contributed by atoms with Gasteiger partial charge in [0.05, 0.1) is 17.7 Å². The number of methoxy groups -OCH3 is 1. The van der Waals surface area contributed by atoms with Gasteiger partial charge in [0, 0.05) is 18.8 Å². The summed E-state index contributed by atoms with van der Waals surface area (Å²) in [7, 11) is -2.07. The molecule has 0 bridgehead atoms. The van der Waals surface area contributed by atoms with Crippen molar-refractivity contribution in [2.75, 3.05) is 25.5 Å². The molecule has 0 aliphatic heterocycles. The van der Waals surface area contributed by atoms with Crippen LogP contribution in [0.4, 0.5) is 5.82 Å². The van der Waals surface area contributed by atoms with Crippen LogP contribution in [0.15, 0.2) is 29.2 Å². The van der Waals surface area contributed by atoms with Gasteiger partial charge >= 0.3 is 0 Å². The van der Waals surface area contributed by atoms with E-state index < -0.39 is 10.0 Å². The molecule has 166 valence electrons. The van der Waals surface area contributed by atoms with Crippen molar-refractivity contribution in [2.24, 2.45) is 0 Å². The number of nitrogens with one attached hydrogen (secondary N) is 2. The van der Waals surface area contributed by atoms with Crippen LogP contribution in [0.2, 0.25) is 0 Å². The highest BCUT2D eigenvalue weighted by Gasteiger charge is 2.18. The number of aryl methyl sites for hydroxylation is 3. The molecule has 10 heteroatoms. The summed E-state index contributed by atoms with van der Waals surface area (Å²) in [6.07, 6.45) is 0. The van der Waals surface area contributed by atoms with E-state index in [0.717, 1.165) is 22.5 Å². The van der Waals surface area contributed by atoms with Gasteiger partial charge in [0.2, 0.25) is 10.0 Å². The number of benzene rings is 1. The van der Waals surface area contributed by atoms with Crippen molar-refractivity contribution >= 4 is 15.8 Å². The van der Waals surface area contributed by atoms with Gasteiger partial charge < -0.3 is 10.1 Å². The van der Waals surface area contributed by atoms with Crippen LogP contribution in [0.5, 0.6) is 5.75 Å². The normalized spacial score (nSPS) is 11.5. The van der Waals surface area contributed by atoms with E-state index in [-0.39, 0.29) is 11.4 Å². The molecule has 0 atom stereocenters. The molecule has 0 fully saturated rings. The molecule has 3 rings (SSSR count). The lowest BCUT2D eigenvalue weighted by molar-refractivity contribution is 0.411. The summed E-state index contributed by atoms with van der Waals surface area (Å²) < 4.78 is 34.9. The highest BCUT2D eigenvalue weighted by atomic mass is 32.2. The van der Waals surface area contributed by atoms with Gasteiger partial charge in [-0.2, -0.15) is 5.10 Å². The van der Waals surface area contributed by atoms with Crippen molar-refractivity contribution in [1.29, 1.82) is 0 Å². The van der Waals surface area contributed by atoms with Crippen LogP contribution in [0.25, 0.3) is 5.82 Å². The van der Waals surface area contributed by atoms with Crippen LogP contribution in [-0.2, 0) is 10.0 Å². The standard InChI is InChI=1S/C21H28N6O3S/c1-13-12-19(14(2)11-18(13)30-6)31(28,29)23-10-9-22-20-7-8-21(25-24-20)27-17(5)15(3)16(4)26-27/h7-8,11-12,23H,9-10H2,1-6H3,(H,22,24). The Labute approximate surface area is 182 Å². The Kier molecular flexibility index (Phi) is 6.61. The molecule has 0 saturated carbocycles. The second kappa shape index (κ2) is 9.03. The van der Waals surface area contributed by atoms with Gasteiger partial charge in [-0.25, -0.2) is 17.8 Å². The van der Waals surface area contributed by atoms with E-state index in [2.05, 4.69) is 25.3 Å². The van der Waals surface area contributed by atoms with Crippen molar-refractivity contribution in [3.05, 3.63) is 52.3 Å². The van der Waals surface area contributed by atoms with Crippen LogP contribution in [0.1, 0.15) is 28.1 Å². The smallest absolute Gasteiger partial charge is 0.240 e. The Hall–Kier alpha value is -2.98. The maximum absolute atomic E-state index is 12.7. The second-order valence-electron chi connectivity index (χ2n) is 7.40. The molecule has 0 radical (unpaired) electrons. The predicted molar refractivity (Wildman–Crippen MR) is 120 cm³/mol. The Morgan fingerprint density at radius 1 is 1.00 bits per heavy atom. The van der Waals surface area contributed by atoms with Gasteiger partial charge in [0.1, 0.15) is 11.6 Å². The molecule has 0 aliphatic carbocycles. The Balaban J connectivity index is 1.59. The van der Waals surface area contributed by atoms with Crippen LogP contribution in [0.3, 0.4) is 0 Å². The number of hydrogen-bond donors (Lipinski definition) is 2. The number of sulfonamides is 1. The topological polar surface area (TPSA) is 111 Å². The minimum Gasteiger partial charge on any atom is -0.496 e. The maximum atomic E-state index is 12.7. The summed E-state index contributed by atoms with van der Waals surface area (Å²) in [5.41, 5.74) is 4.49. The van der Waals surface area contributed by atoms with E-state index >= 15 is 0 Å². The molecular formula is C21H28N6O3S. The van der Waals surface area contributed by atoms with Crippen molar-refractivity contribution in [3.8, 4) is 11.6 Å². The third-order valence-electron chi connectivity index (χ3n) is 5.23. The van der Waals surface area contributed by atoms with Gasteiger partial charge in [-0.05, 0) is 75.6 Å². The van der Waals surface area contributed by atoms with Gasteiger partial charge in [-0.15, -0.1) is 10.2 Å². The Bertz CT molecular complexity index is 1190. The molecule has 0 spiro atoms. The first-order valence-corrected chi connectivity index (χ1v) is 11.4. The molecule has 9 nitrogen and oxygen atoms in total. The fraction of sp³-hybridized carbons (Fsp3) is 0.381. The molecule has 0 saturated heterocycles. The fourth-order valence-electron chi connectivity index (χ4n) is 3.20. The van der Waals surface area contributed by atoms with Crippen LogP contribution < -0.4 is 14.8 Å². The largest absolute Gasteiger partial charge is 0.496 e. The zero-order valence-electron chi connectivity index (χ0n) is 18.6. The molecule has 0 unspecified atom stereocenters. The van der Waals surface area contributed by atoms with Crippen LogP contribution in [0, 0.1) is 34.6 Å². The average molecular weight is 445 g/mol. The highest BCUT2D eigenvalue weighted by molar-refractivity contribution is 7.89. The first-order chi connectivity index (χ1) is 14.6. The number of anilines is 1. The van der Waals surface area contributed by atoms with E-state index in [4.69, 9.17) is 4.74 Å². The molecular weight excluding hydrogens is 416 g/mol. The van der Waals surface area contributed by atoms with Crippen molar-refractivity contribution < 1.29 is 13.2 Å². The van der Waals surface area contributed by atoms with Gasteiger partial charge in [-0.1, -0.05) is 0 Å². The van der Waals surface area contributed by atoms with Gasteiger partial charge in [0.15, 0.2) is 5.82 Å². The summed E-state index contributed by atoms with van der Waals surface area (Å²) in [6.45, 7) is 10.1. The van der Waals surface area contributed by atoms with E-state index in [9.17, 15) is 8.42 Å². The molecule has 2 heterocycles. The fourth-order valence-corrected chi connectivity index (χ4v) is 4.54. The Morgan fingerprint density at radius 2 is 1.74 bits per heavy atom. The molecule has 3 aromatic rings. The molecule has 2 aromatic heterocycles. The zero-order valence-corrected chi connectivity index (χ0v) is 19.5. The number of ether oxygens (including phenoxy) is 1. The lowest BCUT2D eigenvalue weighted by Gasteiger charge is -2.13. The summed E-state index contributed by atoms with van der Waals surface area (Å²) in [5.74, 6) is 1.85. The van der Waals surface area contributed by atoms with Crippen LogP contribution in [-0.4, -0.2) is 48.6 Å². The van der Waals surface area contributed by atoms with Gasteiger partial charge in [-0.3, -0.25) is 0 Å². The summed E-state index contributed by atoms with van der Waals surface area (Å²) in [6, 6.07) is 6.96. The third kappa shape index (κ3) is 4.86. The monoisotopic (exact) mass is 444 g/mol. The maximum Gasteiger partial charge on any atom is 0.240 e. The lowest BCUT2D eigenvalue weighted by atomic mass is 10.1. The number of aromatic nitrogens is 4. The lowest BCUT2D eigenvalue weighted by Crippen LogP contribution is -2.29. The van der Waals surface area contributed by atoms with Crippen LogP contribution >= 0.6 is 0 Å². The highest BCUT2D eigenvalue weighted by Crippen LogP contribution is 2.25. The van der Waals surface area contributed by atoms with Crippen molar-refractivity contribution in [1.82, 2.24) is 24.7 Å². The van der Waals surface area contributed by atoms with Crippen molar-refractivity contribution in [3.63, 3.8) is 0 Å². The van der Waals surface area contributed by atoms with E-state index in [1.807, 2.05) is 33.8 Å². The second-order valence-corrected chi connectivity index (χ2v) is 9.13. The first kappa shape index (κ1) is 22.7. The third-order valence-corrected chi connectivity index (χ3v) is 6.83. The molecule has 0 aliphatic rings. The molecule has 2 N–H and O–H groups in total. The van der Waals surface area contributed by atoms with Gasteiger partial charge in [0.25, 0.3) is 0 Å². The van der Waals surface area contributed by atoms with Crippen molar-refractivity contribution in [2.45, 2.75) is 39.5 Å². The molecule has 1 aromatic carbocycles. The number of hydrogen-bond acceptors (Lipinski definition) is 7. The quantitative estimate of drug-likeness (QED) is 0.514. The molecule has 31 heavy (non-hydrogen) atoms.